The second-order valence-electron chi connectivity index (χ2n) is 11.7. The first-order valence-electron chi connectivity index (χ1n) is 12.9. The second kappa shape index (κ2) is 10.8. The van der Waals surface area contributed by atoms with Gasteiger partial charge < -0.3 is 14.1 Å². The maximum atomic E-state index is 13.0. The van der Waals surface area contributed by atoms with Gasteiger partial charge in [0.15, 0.2) is 8.32 Å². The number of ether oxygens (including phenoxy) is 1. The van der Waals surface area contributed by atoms with Crippen LogP contribution in [0.15, 0.2) is 23.6 Å². The fourth-order valence-corrected chi connectivity index (χ4v) is 7.49. The van der Waals surface area contributed by atoms with Crippen molar-refractivity contribution in [1.29, 1.82) is 0 Å². The minimum atomic E-state index is -1.68. The molecule has 2 aliphatic heterocycles. The number of rotatable bonds is 7. The smallest absolute Gasteiger partial charge is 0.264 e. The maximum Gasteiger partial charge on any atom is 0.264 e. The maximum absolute atomic E-state index is 13.0. The topological polar surface area (TPSA) is 42.0 Å². The van der Waals surface area contributed by atoms with Crippen LogP contribution in [0.5, 0.6) is 0 Å². The Balaban J connectivity index is 1.24. The van der Waals surface area contributed by atoms with Gasteiger partial charge >= 0.3 is 0 Å². The number of carbonyl (C=O) groups excluding carboxylic acids is 1. The normalized spacial score (nSPS) is 19.4. The van der Waals surface area contributed by atoms with E-state index < -0.39 is 8.32 Å². The monoisotopic (exact) mass is 534 g/mol. The minimum absolute atomic E-state index is 0.164. The summed E-state index contributed by atoms with van der Waals surface area (Å²) in [5, 5.41) is 2.56. The molecule has 5 nitrogen and oxygen atoms in total. The number of piperidine rings is 1. The molecule has 1 spiro atoms. The molecule has 4 rings (SSSR count). The standard InChI is InChI=1S/C27H42N2O3S2Si/c1-21-7-8-24(34-21)25(30)29-14-16-31-27(20-29)10-12-28(13-11-27)18-23-17-22(19-33-23)9-15-32-35(5,6)26(2,3)4/h7-8,17,19H,9-16,18,20H2,1-6H3. The molecule has 0 saturated carbocycles. The number of thiophene rings is 2. The van der Waals surface area contributed by atoms with Gasteiger partial charge in [-0.15, -0.1) is 22.7 Å². The third-order valence-electron chi connectivity index (χ3n) is 8.00. The highest BCUT2D eigenvalue weighted by Crippen LogP contribution is 2.37. The molecule has 2 aromatic rings. The van der Waals surface area contributed by atoms with E-state index in [1.807, 2.05) is 28.4 Å². The van der Waals surface area contributed by atoms with Crippen LogP contribution in [0.2, 0.25) is 18.1 Å². The zero-order valence-corrected chi connectivity index (χ0v) is 24.9. The Kier molecular flexibility index (Phi) is 8.30. The van der Waals surface area contributed by atoms with Gasteiger partial charge in [-0.3, -0.25) is 9.69 Å². The number of aryl methyl sites for hydroxylation is 1. The van der Waals surface area contributed by atoms with Crippen LogP contribution in [0.3, 0.4) is 0 Å². The molecule has 0 atom stereocenters. The molecular formula is C27H42N2O3S2Si. The van der Waals surface area contributed by atoms with Crippen molar-refractivity contribution in [3.63, 3.8) is 0 Å². The Morgan fingerprint density at radius 3 is 2.60 bits per heavy atom. The summed E-state index contributed by atoms with van der Waals surface area (Å²) < 4.78 is 12.7. The van der Waals surface area contributed by atoms with Crippen LogP contribution in [-0.4, -0.2) is 69.0 Å². The average Bonchev–Trinajstić information content (AvgIpc) is 3.43. The summed E-state index contributed by atoms with van der Waals surface area (Å²) in [4.78, 5) is 21.0. The zero-order valence-electron chi connectivity index (χ0n) is 22.3. The van der Waals surface area contributed by atoms with Crippen molar-refractivity contribution in [3.05, 3.63) is 43.8 Å². The Hall–Kier alpha value is -1.03. The number of likely N-dealkylation sites (tertiary alicyclic amines) is 1. The lowest BCUT2D eigenvalue weighted by molar-refractivity contribution is -0.127. The summed E-state index contributed by atoms with van der Waals surface area (Å²) in [7, 11) is -1.68. The number of amides is 1. The van der Waals surface area contributed by atoms with Gasteiger partial charge in [-0.2, -0.15) is 0 Å². The third kappa shape index (κ3) is 6.65. The Morgan fingerprint density at radius 2 is 1.94 bits per heavy atom. The van der Waals surface area contributed by atoms with Gasteiger partial charge in [-0.05, 0) is 73.5 Å². The van der Waals surface area contributed by atoms with Crippen molar-refractivity contribution >= 4 is 36.9 Å². The van der Waals surface area contributed by atoms with Crippen LogP contribution in [0.25, 0.3) is 0 Å². The fraction of sp³-hybridized carbons (Fsp3) is 0.667. The number of hydrogen-bond donors (Lipinski definition) is 0. The Labute approximate surface area is 220 Å². The minimum Gasteiger partial charge on any atom is -0.416 e. The van der Waals surface area contributed by atoms with Crippen LogP contribution in [0.1, 0.15) is 58.6 Å². The summed E-state index contributed by atoms with van der Waals surface area (Å²) in [5.74, 6) is 0.164. The molecule has 0 aromatic carbocycles. The highest BCUT2D eigenvalue weighted by molar-refractivity contribution is 7.13. The van der Waals surface area contributed by atoms with Gasteiger partial charge in [0.25, 0.3) is 5.91 Å². The quantitative estimate of drug-likeness (QED) is 0.397. The summed E-state index contributed by atoms with van der Waals surface area (Å²) in [6, 6.07) is 6.36. The molecule has 1 amide bonds. The van der Waals surface area contributed by atoms with Gasteiger partial charge in [0, 0.05) is 42.5 Å². The molecule has 2 saturated heterocycles. The van der Waals surface area contributed by atoms with Crippen LogP contribution in [0, 0.1) is 6.92 Å². The number of carbonyl (C=O) groups is 1. The molecule has 194 valence electrons. The van der Waals surface area contributed by atoms with Gasteiger partial charge in [-0.1, -0.05) is 20.8 Å². The average molecular weight is 535 g/mol. The molecular weight excluding hydrogens is 493 g/mol. The second-order valence-corrected chi connectivity index (χ2v) is 18.8. The summed E-state index contributed by atoms with van der Waals surface area (Å²) in [5.41, 5.74) is 1.21. The molecule has 0 N–H and O–H groups in total. The summed E-state index contributed by atoms with van der Waals surface area (Å²) >= 11 is 3.46. The summed E-state index contributed by atoms with van der Waals surface area (Å²) in [6.07, 6.45) is 2.96. The zero-order chi connectivity index (χ0) is 25.3. The van der Waals surface area contributed by atoms with Crippen molar-refractivity contribution in [2.24, 2.45) is 0 Å². The molecule has 0 aliphatic carbocycles. The largest absolute Gasteiger partial charge is 0.416 e. The van der Waals surface area contributed by atoms with E-state index in [0.29, 0.717) is 19.7 Å². The lowest BCUT2D eigenvalue weighted by Crippen LogP contribution is -2.57. The van der Waals surface area contributed by atoms with E-state index in [1.54, 1.807) is 11.3 Å². The van der Waals surface area contributed by atoms with Crippen LogP contribution >= 0.6 is 22.7 Å². The fourth-order valence-electron chi connectivity index (χ4n) is 4.65. The predicted molar refractivity (Wildman–Crippen MR) is 149 cm³/mol. The lowest BCUT2D eigenvalue weighted by Gasteiger charge is -2.47. The molecule has 4 heterocycles. The van der Waals surface area contributed by atoms with E-state index in [0.717, 1.165) is 50.4 Å². The van der Waals surface area contributed by atoms with Crippen LogP contribution in [0.4, 0.5) is 0 Å². The van der Waals surface area contributed by atoms with Gasteiger partial charge in [-0.25, -0.2) is 0 Å². The van der Waals surface area contributed by atoms with Gasteiger partial charge in [0.2, 0.25) is 0 Å². The van der Waals surface area contributed by atoms with Crippen LogP contribution < -0.4 is 0 Å². The lowest BCUT2D eigenvalue weighted by atomic mass is 9.89. The first-order valence-corrected chi connectivity index (χ1v) is 17.5. The van der Waals surface area contributed by atoms with E-state index in [-0.39, 0.29) is 16.5 Å². The highest BCUT2D eigenvalue weighted by atomic mass is 32.1. The third-order valence-corrected chi connectivity index (χ3v) is 14.5. The number of hydrogen-bond acceptors (Lipinski definition) is 6. The van der Waals surface area contributed by atoms with Gasteiger partial charge in [0.1, 0.15) is 0 Å². The highest BCUT2D eigenvalue weighted by Gasteiger charge is 2.41. The first kappa shape index (κ1) is 27.0. The van der Waals surface area contributed by atoms with Crippen molar-refractivity contribution in [2.45, 2.75) is 77.2 Å². The number of morpholine rings is 1. The molecule has 0 unspecified atom stereocenters. The first-order chi connectivity index (χ1) is 16.5. The molecule has 35 heavy (non-hydrogen) atoms. The van der Waals surface area contributed by atoms with E-state index >= 15 is 0 Å². The van der Waals surface area contributed by atoms with E-state index in [1.165, 1.54) is 15.3 Å². The van der Waals surface area contributed by atoms with E-state index in [4.69, 9.17) is 9.16 Å². The van der Waals surface area contributed by atoms with E-state index in [9.17, 15) is 4.79 Å². The van der Waals surface area contributed by atoms with Gasteiger partial charge in [0.05, 0.1) is 23.6 Å². The molecule has 2 fully saturated rings. The van der Waals surface area contributed by atoms with Crippen molar-refractivity contribution < 1.29 is 14.0 Å². The molecule has 2 aliphatic rings. The van der Waals surface area contributed by atoms with E-state index in [2.05, 4.69) is 57.1 Å². The number of nitrogens with zero attached hydrogens (tertiary/aromatic N) is 2. The Bertz CT molecular complexity index is 1000. The van der Waals surface area contributed by atoms with Crippen molar-refractivity contribution in [3.8, 4) is 0 Å². The Morgan fingerprint density at radius 1 is 1.20 bits per heavy atom. The van der Waals surface area contributed by atoms with Crippen LogP contribution in [-0.2, 0) is 22.1 Å². The molecule has 2 aromatic heterocycles. The van der Waals surface area contributed by atoms with Crippen molar-refractivity contribution in [1.82, 2.24) is 9.80 Å². The molecule has 8 heteroatoms. The SMILES string of the molecule is Cc1ccc(C(=O)N2CCOC3(CCN(Cc4cc(CCO[Si](C)(C)C(C)(C)C)cs4)CC3)C2)s1. The van der Waals surface area contributed by atoms with Crippen molar-refractivity contribution in [2.75, 3.05) is 39.4 Å². The molecule has 0 radical (unpaired) electrons. The predicted octanol–water partition coefficient (Wildman–Crippen LogP) is 6.19. The summed E-state index contributed by atoms with van der Waals surface area (Å²) in [6.45, 7) is 19.5. The molecule has 0 bridgehead atoms.